The molecule has 0 spiro atoms. The summed E-state index contributed by atoms with van der Waals surface area (Å²) in [6.45, 7) is 5.49. The van der Waals surface area contributed by atoms with Crippen LogP contribution in [0.1, 0.15) is 50.7 Å². The molecule has 3 heteroatoms. The summed E-state index contributed by atoms with van der Waals surface area (Å²) in [5.74, 6) is 0.109. The van der Waals surface area contributed by atoms with Crippen molar-refractivity contribution in [1.82, 2.24) is 5.32 Å². The van der Waals surface area contributed by atoms with E-state index in [2.05, 4.69) is 36.5 Å². The summed E-state index contributed by atoms with van der Waals surface area (Å²) >= 11 is 0. The normalized spacial score (nSPS) is 22.0. The van der Waals surface area contributed by atoms with Crippen LogP contribution >= 0.6 is 0 Å². The van der Waals surface area contributed by atoms with Crippen molar-refractivity contribution in [3.8, 4) is 0 Å². The van der Waals surface area contributed by atoms with Gasteiger partial charge in [-0.1, -0.05) is 31.2 Å². The first kappa shape index (κ1) is 16.0. The topological polar surface area (TPSA) is 38.3 Å². The molecule has 0 bridgehead atoms. The van der Waals surface area contributed by atoms with Gasteiger partial charge >= 0.3 is 5.97 Å². The molecule has 0 radical (unpaired) electrons. The predicted octanol–water partition coefficient (Wildman–Crippen LogP) is 3.46. The summed E-state index contributed by atoms with van der Waals surface area (Å²) < 4.78 is 5.12. The number of carbonyl (C=O) groups excluding carboxylic acids is 1. The molecule has 116 valence electrons. The van der Waals surface area contributed by atoms with E-state index in [0.717, 1.165) is 38.6 Å². The molecule has 1 aromatic rings. The maximum absolute atomic E-state index is 11.7. The van der Waals surface area contributed by atoms with E-state index >= 15 is 0 Å². The number of hydrogen-bond acceptors (Lipinski definition) is 3. The molecule has 3 nitrogen and oxygen atoms in total. The lowest BCUT2D eigenvalue weighted by Gasteiger charge is -2.28. The fourth-order valence-electron chi connectivity index (χ4n) is 3.12. The maximum atomic E-state index is 11.7. The number of nitrogens with one attached hydrogen (secondary N) is 1. The van der Waals surface area contributed by atoms with Crippen LogP contribution in [0.5, 0.6) is 0 Å². The van der Waals surface area contributed by atoms with Crippen LogP contribution in [0, 0.1) is 5.92 Å². The second kappa shape index (κ2) is 8.18. The zero-order valence-corrected chi connectivity index (χ0v) is 13.2. The van der Waals surface area contributed by atoms with Crippen LogP contribution in [-0.2, 0) is 22.5 Å². The Morgan fingerprint density at radius 2 is 1.81 bits per heavy atom. The predicted molar refractivity (Wildman–Crippen MR) is 85.0 cm³/mol. The second-order valence-electron chi connectivity index (χ2n) is 5.80. The minimum absolute atomic E-state index is 0.00715. The van der Waals surface area contributed by atoms with E-state index in [1.165, 1.54) is 11.1 Å². The minimum atomic E-state index is -0.00715. The van der Waals surface area contributed by atoms with Crippen molar-refractivity contribution in [3.05, 3.63) is 35.4 Å². The van der Waals surface area contributed by atoms with Crippen molar-refractivity contribution in [3.63, 3.8) is 0 Å². The van der Waals surface area contributed by atoms with E-state index in [1.807, 2.05) is 6.92 Å². The Bertz CT molecular complexity index is 450. The summed E-state index contributed by atoms with van der Waals surface area (Å²) in [7, 11) is 0. The van der Waals surface area contributed by atoms with Crippen molar-refractivity contribution in [2.45, 2.75) is 58.5 Å². The van der Waals surface area contributed by atoms with Crippen molar-refractivity contribution in [2.75, 3.05) is 6.61 Å². The summed E-state index contributed by atoms with van der Waals surface area (Å²) in [5, 5.41) is 3.65. The molecule has 2 rings (SSSR count). The molecule has 0 saturated heterocycles. The summed E-state index contributed by atoms with van der Waals surface area (Å²) in [6.07, 6.45) is 5.11. The van der Waals surface area contributed by atoms with Gasteiger partial charge in [0.2, 0.25) is 0 Å². The Kier molecular flexibility index (Phi) is 6.24. The van der Waals surface area contributed by atoms with Crippen LogP contribution in [0.2, 0.25) is 0 Å². The fourth-order valence-corrected chi connectivity index (χ4v) is 3.12. The number of hydrogen-bond donors (Lipinski definition) is 1. The third kappa shape index (κ3) is 4.57. The molecular weight excluding hydrogens is 262 g/mol. The van der Waals surface area contributed by atoms with E-state index in [1.54, 1.807) is 0 Å². The van der Waals surface area contributed by atoms with Crippen molar-refractivity contribution < 1.29 is 9.53 Å². The molecule has 1 N–H and O–H groups in total. The van der Waals surface area contributed by atoms with E-state index in [-0.39, 0.29) is 11.9 Å². The average Bonchev–Trinajstić information content (AvgIpc) is 2.54. The first-order valence-corrected chi connectivity index (χ1v) is 8.21. The highest BCUT2D eigenvalue weighted by molar-refractivity contribution is 5.72. The molecule has 0 aliphatic heterocycles. The third-order valence-corrected chi connectivity index (χ3v) is 4.43. The lowest BCUT2D eigenvalue weighted by Crippen LogP contribution is -2.35. The molecule has 0 unspecified atom stereocenters. The highest BCUT2D eigenvalue weighted by Crippen LogP contribution is 2.25. The summed E-state index contributed by atoms with van der Waals surface area (Å²) in [5.41, 5.74) is 2.82. The quantitative estimate of drug-likeness (QED) is 0.815. The fraction of sp³-hybridized carbons (Fsp3) is 0.611. The van der Waals surface area contributed by atoms with Gasteiger partial charge < -0.3 is 10.1 Å². The Hall–Kier alpha value is -1.35. The first-order chi connectivity index (χ1) is 10.2. The van der Waals surface area contributed by atoms with E-state index in [9.17, 15) is 4.79 Å². The van der Waals surface area contributed by atoms with Gasteiger partial charge in [0, 0.05) is 12.6 Å². The number of ether oxygens (including phenoxy) is 1. The Labute approximate surface area is 128 Å². The van der Waals surface area contributed by atoms with Gasteiger partial charge in [0.1, 0.15) is 0 Å². The Morgan fingerprint density at radius 3 is 2.43 bits per heavy atom. The highest BCUT2D eigenvalue weighted by Gasteiger charge is 2.26. The zero-order chi connectivity index (χ0) is 15.1. The van der Waals surface area contributed by atoms with Gasteiger partial charge in [0.05, 0.1) is 12.5 Å². The van der Waals surface area contributed by atoms with Crippen LogP contribution in [0.4, 0.5) is 0 Å². The third-order valence-electron chi connectivity index (χ3n) is 4.43. The van der Waals surface area contributed by atoms with Crippen LogP contribution in [0.25, 0.3) is 0 Å². The lowest BCUT2D eigenvalue weighted by atomic mass is 9.86. The molecule has 1 aliphatic carbocycles. The average molecular weight is 289 g/mol. The van der Waals surface area contributed by atoms with Crippen molar-refractivity contribution in [1.29, 1.82) is 0 Å². The number of rotatable bonds is 6. The number of aryl methyl sites for hydroxylation is 1. The van der Waals surface area contributed by atoms with Crippen LogP contribution < -0.4 is 5.32 Å². The molecular formula is C18H27NO2. The summed E-state index contributed by atoms with van der Waals surface area (Å²) in [4.78, 5) is 11.7. The van der Waals surface area contributed by atoms with Gasteiger partial charge in [0.25, 0.3) is 0 Å². The SMILES string of the molecule is CCOC(=O)C1CCC(NCc2ccccc2CC)CC1. The van der Waals surface area contributed by atoms with Gasteiger partial charge in [-0.05, 0) is 50.2 Å². The van der Waals surface area contributed by atoms with Crippen LogP contribution in [0.15, 0.2) is 24.3 Å². The standard InChI is InChI=1S/C18H27NO2/c1-3-14-7-5-6-8-16(14)13-19-17-11-9-15(10-12-17)18(20)21-4-2/h5-8,15,17,19H,3-4,9-13H2,1-2H3. The highest BCUT2D eigenvalue weighted by atomic mass is 16.5. The Morgan fingerprint density at radius 1 is 1.14 bits per heavy atom. The molecule has 0 aromatic heterocycles. The minimum Gasteiger partial charge on any atom is -0.466 e. The van der Waals surface area contributed by atoms with Crippen LogP contribution in [-0.4, -0.2) is 18.6 Å². The van der Waals surface area contributed by atoms with E-state index < -0.39 is 0 Å². The smallest absolute Gasteiger partial charge is 0.308 e. The molecule has 1 saturated carbocycles. The van der Waals surface area contributed by atoms with E-state index in [0.29, 0.717) is 12.6 Å². The lowest BCUT2D eigenvalue weighted by molar-refractivity contribution is -0.149. The van der Waals surface area contributed by atoms with Crippen molar-refractivity contribution >= 4 is 5.97 Å². The molecule has 0 heterocycles. The zero-order valence-electron chi connectivity index (χ0n) is 13.2. The van der Waals surface area contributed by atoms with Gasteiger partial charge in [0.15, 0.2) is 0 Å². The number of carbonyl (C=O) groups is 1. The largest absolute Gasteiger partial charge is 0.466 e. The monoisotopic (exact) mass is 289 g/mol. The molecule has 21 heavy (non-hydrogen) atoms. The van der Waals surface area contributed by atoms with Crippen molar-refractivity contribution in [2.24, 2.45) is 5.92 Å². The molecule has 1 aromatic carbocycles. The van der Waals surface area contributed by atoms with Gasteiger partial charge in [-0.2, -0.15) is 0 Å². The number of benzene rings is 1. The molecule has 0 atom stereocenters. The van der Waals surface area contributed by atoms with E-state index in [4.69, 9.17) is 4.74 Å². The first-order valence-electron chi connectivity index (χ1n) is 8.21. The van der Waals surface area contributed by atoms with Gasteiger partial charge in [-0.15, -0.1) is 0 Å². The van der Waals surface area contributed by atoms with Gasteiger partial charge in [-0.3, -0.25) is 4.79 Å². The van der Waals surface area contributed by atoms with Gasteiger partial charge in [-0.25, -0.2) is 0 Å². The molecule has 1 fully saturated rings. The second-order valence-corrected chi connectivity index (χ2v) is 5.80. The number of esters is 1. The molecule has 1 aliphatic rings. The maximum Gasteiger partial charge on any atom is 0.308 e. The van der Waals surface area contributed by atoms with Crippen LogP contribution in [0.3, 0.4) is 0 Å². The molecule has 0 amide bonds. The summed E-state index contributed by atoms with van der Waals surface area (Å²) in [6, 6.07) is 9.14. The Balaban J connectivity index is 1.77.